The van der Waals surface area contributed by atoms with Crippen molar-refractivity contribution in [2.45, 2.75) is 71.7 Å². The van der Waals surface area contributed by atoms with E-state index in [1.807, 2.05) is 0 Å². The molecule has 0 spiro atoms. The molecular formula is C15H34N2O4Si. The third kappa shape index (κ3) is 8.62. The number of carbonyl (C=O) groups is 2. The van der Waals surface area contributed by atoms with Gasteiger partial charge in [0.1, 0.15) is 0 Å². The predicted molar refractivity (Wildman–Crippen MR) is 91.6 cm³/mol. The van der Waals surface area contributed by atoms with Crippen LogP contribution in [0.2, 0.25) is 18.1 Å². The number of nitrogens with one attached hydrogen (secondary N) is 1. The summed E-state index contributed by atoms with van der Waals surface area (Å²) < 4.78 is 10.5. The zero-order valence-electron chi connectivity index (χ0n) is 15.2. The average Bonchev–Trinajstić information content (AvgIpc) is 2.26. The van der Waals surface area contributed by atoms with Crippen molar-refractivity contribution in [1.82, 2.24) is 11.5 Å². The molecule has 0 saturated carbocycles. The molecule has 4 N–H and O–H groups in total. The van der Waals surface area contributed by atoms with Crippen molar-refractivity contribution in [3.8, 4) is 0 Å². The van der Waals surface area contributed by atoms with Gasteiger partial charge < -0.3 is 20.6 Å². The van der Waals surface area contributed by atoms with Crippen LogP contribution in [0.5, 0.6) is 0 Å². The molecule has 0 aromatic carbocycles. The molecule has 7 heteroatoms. The van der Waals surface area contributed by atoms with Crippen LogP contribution in [0, 0.1) is 0 Å². The van der Waals surface area contributed by atoms with E-state index in [-0.39, 0.29) is 30.1 Å². The molecule has 0 atom stereocenters. The maximum Gasteiger partial charge on any atom is 0.316 e. The number of carbonyl (C=O) groups excluding carboxylic acids is 2. The van der Waals surface area contributed by atoms with Crippen molar-refractivity contribution in [2.24, 2.45) is 0 Å². The molecule has 1 aliphatic heterocycles. The highest BCUT2D eigenvalue weighted by molar-refractivity contribution is 6.74. The van der Waals surface area contributed by atoms with E-state index in [0.29, 0.717) is 0 Å². The molecular weight excluding hydrogens is 300 g/mol. The van der Waals surface area contributed by atoms with E-state index in [2.05, 4.69) is 57.8 Å². The molecule has 0 amide bonds. The summed E-state index contributed by atoms with van der Waals surface area (Å²) in [5.41, 5.74) is 0. The van der Waals surface area contributed by atoms with E-state index in [4.69, 9.17) is 4.43 Å². The van der Waals surface area contributed by atoms with Crippen LogP contribution in [0.4, 0.5) is 0 Å². The molecule has 22 heavy (non-hydrogen) atoms. The van der Waals surface area contributed by atoms with Crippen molar-refractivity contribution in [2.75, 3.05) is 13.1 Å². The molecule has 1 aliphatic rings. The van der Waals surface area contributed by atoms with Gasteiger partial charge in [0.15, 0.2) is 8.32 Å². The van der Waals surface area contributed by atoms with Gasteiger partial charge in [0, 0.05) is 0 Å². The van der Waals surface area contributed by atoms with Gasteiger partial charge in [0.25, 0.3) is 0 Å². The summed E-state index contributed by atoms with van der Waals surface area (Å²) in [7, 11) is -1.91. The van der Waals surface area contributed by atoms with E-state index in [9.17, 15) is 9.59 Å². The molecule has 0 bridgehead atoms. The Balaban J connectivity index is 0. The van der Waals surface area contributed by atoms with Gasteiger partial charge >= 0.3 is 11.9 Å². The Bertz CT molecular complexity index is 336. The number of esters is 2. The van der Waals surface area contributed by atoms with Crippen LogP contribution in [0.15, 0.2) is 0 Å². The van der Waals surface area contributed by atoms with E-state index in [0.717, 1.165) is 13.1 Å². The predicted octanol–water partition coefficient (Wildman–Crippen LogP) is 3.02. The van der Waals surface area contributed by atoms with Crippen LogP contribution < -0.4 is 11.5 Å². The minimum atomic E-state index is -1.91. The average molecular weight is 335 g/mol. The molecule has 1 fully saturated rings. The van der Waals surface area contributed by atoms with Crippen LogP contribution >= 0.6 is 0 Å². The summed E-state index contributed by atoms with van der Waals surface area (Å²) in [6, 6.07) is 0. The largest absolute Gasteiger partial charge is 0.413 e. The summed E-state index contributed by atoms with van der Waals surface area (Å²) in [5, 5.41) is 3.19. The zero-order chi connectivity index (χ0) is 16.7. The second kappa shape index (κ2) is 10.1. The molecule has 0 aromatic rings. The quantitative estimate of drug-likeness (QED) is 0.466. The van der Waals surface area contributed by atoms with Crippen LogP contribution in [0.1, 0.15) is 47.5 Å². The Labute approximate surface area is 136 Å². The SMILES string of the molecule is CC(C)(C)[Si](C)(C)OC1CC(=O)OC(=O)C1.CCNCC.N. The maximum atomic E-state index is 11.1. The Kier molecular flexibility index (Phi) is 10.8. The summed E-state index contributed by atoms with van der Waals surface area (Å²) in [6.07, 6.45) is 0.0888. The minimum Gasteiger partial charge on any atom is -0.413 e. The van der Waals surface area contributed by atoms with E-state index in [1.165, 1.54) is 0 Å². The summed E-state index contributed by atoms with van der Waals surface area (Å²) in [5.74, 6) is -0.945. The topological polar surface area (TPSA) is 99.6 Å². The van der Waals surface area contributed by atoms with Gasteiger partial charge in [0.05, 0.1) is 18.9 Å². The number of ether oxygens (including phenoxy) is 1. The first-order valence-electron chi connectivity index (χ1n) is 7.65. The normalized spacial score (nSPS) is 16.3. The van der Waals surface area contributed by atoms with E-state index in [1.54, 1.807) is 0 Å². The lowest BCUT2D eigenvalue weighted by molar-refractivity contribution is -0.167. The fourth-order valence-electron chi connectivity index (χ4n) is 1.58. The van der Waals surface area contributed by atoms with Crippen molar-refractivity contribution in [3.63, 3.8) is 0 Å². The Hall–Kier alpha value is -0.763. The van der Waals surface area contributed by atoms with Gasteiger partial charge in [-0.25, -0.2) is 0 Å². The number of cyclic esters (lactones) is 2. The molecule has 0 aromatic heterocycles. The summed E-state index contributed by atoms with van der Waals surface area (Å²) in [4.78, 5) is 22.2. The second-order valence-corrected chi connectivity index (χ2v) is 11.5. The number of hydrogen-bond donors (Lipinski definition) is 2. The van der Waals surface area contributed by atoms with Crippen LogP contribution in [0.3, 0.4) is 0 Å². The monoisotopic (exact) mass is 334 g/mol. The molecule has 0 aliphatic carbocycles. The Morgan fingerprint density at radius 2 is 1.55 bits per heavy atom. The second-order valence-electron chi connectivity index (χ2n) is 6.71. The van der Waals surface area contributed by atoms with Gasteiger partial charge in [-0.2, -0.15) is 0 Å². The van der Waals surface area contributed by atoms with Crippen molar-refractivity contribution in [1.29, 1.82) is 0 Å². The molecule has 1 saturated heterocycles. The lowest BCUT2D eigenvalue weighted by atomic mass is 10.1. The molecule has 1 rings (SSSR count). The first-order chi connectivity index (χ1) is 9.53. The molecule has 132 valence electrons. The third-order valence-corrected chi connectivity index (χ3v) is 8.32. The highest BCUT2D eigenvalue weighted by Gasteiger charge is 2.41. The number of rotatable bonds is 4. The van der Waals surface area contributed by atoms with E-state index < -0.39 is 20.3 Å². The lowest BCUT2D eigenvalue weighted by Gasteiger charge is -2.39. The van der Waals surface area contributed by atoms with Crippen LogP contribution in [-0.4, -0.2) is 39.4 Å². The molecule has 0 unspecified atom stereocenters. The molecule has 6 nitrogen and oxygen atoms in total. The fraction of sp³-hybridized carbons (Fsp3) is 0.867. The molecule has 1 heterocycles. The van der Waals surface area contributed by atoms with E-state index >= 15 is 0 Å². The maximum absolute atomic E-state index is 11.1. The van der Waals surface area contributed by atoms with Crippen molar-refractivity contribution < 1.29 is 18.8 Å². The smallest absolute Gasteiger partial charge is 0.316 e. The van der Waals surface area contributed by atoms with Gasteiger partial charge in [-0.05, 0) is 31.2 Å². The Morgan fingerprint density at radius 1 is 1.14 bits per heavy atom. The summed E-state index contributed by atoms with van der Waals surface area (Å²) >= 11 is 0. The van der Waals surface area contributed by atoms with Gasteiger partial charge in [-0.3, -0.25) is 9.59 Å². The zero-order valence-corrected chi connectivity index (χ0v) is 16.2. The lowest BCUT2D eigenvalue weighted by Crippen LogP contribution is -2.46. The number of hydrogen-bond acceptors (Lipinski definition) is 6. The fourth-order valence-corrected chi connectivity index (χ4v) is 2.93. The van der Waals surface area contributed by atoms with Gasteiger partial charge in [-0.15, -0.1) is 0 Å². The van der Waals surface area contributed by atoms with Crippen LogP contribution in [-0.2, 0) is 18.8 Å². The van der Waals surface area contributed by atoms with Gasteiger partial charge in [0.2, 0.25) is 0 Å². The summed E-state index contributed by atoms with van der Waals surface area (Å²) in [6.45, 7) is 17.0. The van der Waals surface area contributed by atoms with Crippen LogP contribution in [0.25, 0.3) is 0 Å². The first-order valence-corrected chi connectivity index (χ1v) is 10.6. The Morgan fingerprint density at radius 3 is 1.82 bits per heavy atom. The minimum absolute atomic E-state index is 0. The standard InChI is InChI=1S/C11H20O4Si.C4H11N.H3N/c1-11(2,3)16(4,5)15-8-6-9(12)14-10(13)7-8;1-3-5-4-2;/h8H,6-7H2,1-5H3;5H,3-4H2,1-2H3;1H3. The van der Waals surface area contributed by atoms with Crippen molar-refractivity contribution in [3.05, 3.63) is 0 Å². The van der Waals surface area contributed by atoms with Crippen molar-refractivity contribution >= 4 is 20.3 Å². The third-order valence-electron chi connectivity index (χ3n) is 3.78. The molecule has 0 radical (unpaired) electrons. The highest BCUT2D eigenvalue weighted by atomic mass is 28.4. The highest BCUT2D eigenvalue weighted by Crippen LogP contribution is 2.38. The van der Waals surface area contributed by atoms with Gasteiger partial charge in [-0.1, -0.05) is 34.6 Å². The first kappa shape index (κ1) is 23.5.